The number of imidazole rings is 1. The quantitative estimate of drug-likeness (QED) is 0.869. The van der Waals surface area contributed by atoms with E-state index in [-0.39, 0.29) is 4.90 Å². The largest absolute Gasteiger partial charge is 0.319 e. The van der Waals surface area contributed by atoms with Crippen LogP contribution in [0.4, 0.5) is 0 Å². The molecule has 0 spiro atoms. The van der Waals surface area contributed by atoms with Crippen molar-refractivity contribution in [2.24, 2.45) is 5.14 Å². The summed E-state index contributed by atoms with van der Waals surface area (Å²) in [5, 5.41) is 6.02. The highest BCUT2D eigenvalue weighted by Gasteiger charge is 2.13. The van der Waals surface area contributed by atoms with Crippen molar-refractivity contribution in [1.82, 2.24) is 9.55 Å². The molecule has 0 aliphatic rings. The van der Waals surface area contributed by atoms with E-state index in [1.165, 1.54) is 12.1 Å². The molecule has 18 heavy (non-hydrogen) atoms. The summed E-state index contributed by atoms with van der Waals surface area (Å²) in [6, 6.07) is 4.80. The maximum absolute atomic E-state index is 11.3. The standard InChI is InChI=1S/C11H15N3O2S2/c1-3-14-10-6-5-8(18(12,15)16)7-9(10)13-11(14)17-4-2/h5-7H,3-4H2,1-2H3,(H2,12,15,16). The van der Waals surface area contributed by atoms with Gasteiger partial charge in [0.2, 0.25) is 10.0 Å². The topological polar surface area (TPSA) is 78.0 Å². The fourth-order valence-corrected chi connectivity index (χ4v) is 3.15. The number of sulfonamides is 1. The molecule has 0 saturated heterocycles. The lowest BCUT2D eigenvalue weighted by Crippen LogP contribution is -2.11. The van der Waals surface area contributed by atoms with Gasteiger partial charge >= 0.3 is 0 Å². The molecular formula is C11H15N3O2S2. The first kappa shape index (κ1) is 13.4. The molecule has 98 valence electrons. The van der Waals surface area contributed by atoms with Gasteiger partial charge < -0.3 is 4.57 Å². The normalized spacial score (nSPS) is 12.2. The van der Waals surface area contributed by atoms with E-state index in [0.29, 0.717) is 5.52 Å². The molecule has 0 fully saturated rings. The van der Waals surface area contributed by atoms with Crippen LogP contribution in [0.1, 0.15) is 13.8 Å². The van der Waals surface area contributed by atoms with Crippen molar-refractivity contribution < 1.29 is 8.42 Å². The minimum atomic E-state index is -3.67. The molecule has 0 unspecified atom stereocenters. The monoisotopic (exact) mass is 285 g/mol. The molecule has 0 bridgehead atoms. The summed E-state index contributed by atoms with van der Waals surface area (Å²) in [4.78, 5) is 4.55. The van der Waals surface area contributed by atoms with Crippen LogP contribution in [-0.4, -0.2) is 23.7 Å². The Bertz CT molecular complexity index is 677. The summed E-state index contributed by atoms with van der Waals surface area (Å²) in [7, 11) is -3.67. The van der Waals surface area contributed by atoms with Crippen molar-refractivity contribution in [3.05, 3.63) is 18.2 Å². The first-order valence-corrected chi connectivity index (χ1v) is 8.16. The van der Waals surface area contributed by atoms with Gasteiger partial charge in [-0.05, 0) is 30.9 Å². The molecule has 2 aromatic rings. The molecule has 0 amide bonds. The molecule has 1 aromatic carbocycles. The van der Waals surface area contributed by atoms with Gasteiger partial charge in [-0.3, -0.25) is 0 Å². The number of primary sulfonamides is 1. The SMILES string of the molecule is CCSc1nc2cc(S(N)(=O)=O)ccc2n1CC. The third kappa shape index (κ3) is 2.38. The smallest absolute Gasteiger partial charge is 0.238 e. The Kier molecular flexibility index (Phi) is 3.65. The molecule has 0 saturated carbocycles. The Labute approximate surface area is 110 Å². The van der Waals surface area contributed by atoms with Crippen molar-refractivity contribution in [2.75, 3.05) is 5.75 Å². The van der Waals surface area contributed by atoms with E-state index in [4.69, 9.17) is 5.14 Å². The number of fused-ring (bicyclic) bond motifs is 1. The lowest BCUT2D eigenvalue weighted by Gasteiger charge is -2.04. The van der Waals surface area contributed by atoms with Crippen LogP contribution in [0.25, 0.3) is 11.0 Å². The van der Waals surface area contributed by atoms with Gasteiger partial charge in [0.1, 0.15) is 0 Å². The number of thioether (sulfide) groups is 1. The number of hydrogen-bond donors (Lipinski definition) is 1. The Morgan fingerprint density at radius 2 is 2.11 bits per heavy atom. The Balaban J connectivity index is 2.65. The summed E-state index contributed by atoms with van der Waals surface area (Å²) in [6.07, 6.45) is 0. The van der Waals surface area contributed by atoms with Crippen molar-refractivity contribution in [1.29, 1.82) is 0 Å². The zero-order chi connectivity index (χ0) is 13.3. The average molecular weight is 285 g/mol. The Hall–Kier alpha value is -1.05. The number of benzene rings is 1. The zero-order valence-electron chi connectivity index (χ0n) is 10.3. The van der Waals surface area contributed by atoms with Gasteiger partial charge in [0, 0.05) is 6.54 Å². The fourth-order valence-electron chi connectivity index (χ4n) is 1.81. The first-order chi connectivity index (χ1) is 8.47. The summed E-state index contributed by atoms with van der Waals surface area (Å²) >= 11 is 1.64. The van der Waals surface area contributed by atoms with Crippen molar-refractivity contribution in [3.63, 3.8) is 0 Å². The van der Waals surface area contributed by atoms with Gasteiger partial charge in [0.05, 0.1) is 15.9 Å². The number of hydrogen-bond acceptors (Lipinski definition) is 4. The molecule has 0 aliphatic heterocycles. The highest BCUT2D eigenvalue weighted by Crippen LogP contribution is 2.25. The van der Waals surface area contributed by atoms with E-state index >= 15 is 0 Å². The van der Waals surface area contributed by atoms with E-state index < -0.39 is 10.0 Å². The van der Waals surface area contributed by atoms with E-state index in [2.05, 4.69) is 16.5 Å². The van der Waals surface area contributed by atoms with Crippen LogP contribution < -0.4 is 5.14 Å². The van der Waals surface area contributed by atoms with Gasteiger partial charge in [0.15, 0.2) is 5.16 Å². The molecule has 0 aliphatic carbocycles. The van der Waals surface area contributed by atoms with Crippen molar-refractivity contribution >= 4 is 32.8 Å². The lowest BCUT2D eigenvalue weighted by atomic mass is 10.3. The number of aryl methyl sites for hydroxylation is 1. The predicted molar refractivity (Wildman–Crippen MR) is 73.2 cm³/mol. The summed E-state index contributed by atoms with van der Waals surface area (Å²) < 4.78 is 24.7. The second-order valence-corrected chi connectivity index (χ2v) is 6.56. The third-order valence-electron chi connectivity index (χ3n) is 2.60. The molecule has 2 N–H and O–H groups in total. The Morgan fingerprint density at radius 1 is 1.39 bits per heavy atom. The summed E-state index contributed by atoms with van der Waals surface area (Å²) in [5.74, 6) is 0.922. The second kappa shape index (κ2) is 4.91. The molecule has 1 heterocycles. The van der Waals surface area contributed by atoms with Crippen LogP contribution >= 0.6 is 11.8 Å². The first-order valence-electron chi connectivity index (χ1n) is 5.63. The summed E-state index contributed by atoms with van der Waals surface area (Å²) in [6.45, 7) is 4.89. The predicted octanol–water partition coefficient (Wildman–Crippen LogP) is 1.82. The van der Waals surface area contributed by atoms with Gasteiger partial charge in [0.25, 0.3) is 0 Å². The van der Waals surface area contributed by atoms with Crippen LogP contribution in [0.3, 0.4) is 0 Å². The zero-order valence-corrected chi connectivity index (χ0v) is 11.9. The minimum absolute atomic E-state index is 0.101. The van der Waals surface area contributed by atoms with Crippen LogP contribution in [0.15, 0.2) is 28.3 Å². The lowest BCUT2D eigenvalue weighted by molar-refractivity contribution is 0.598. The number of rotatable bonds is 4. The van der Waals surface area contributed by atoms with E-state index in [1.54, 1.807) is 17.8 Å². The van der Waals surface area contributed by atoms with Crippen molar-refractivity contribution in [3.8, 4) is 0 Å². The van der Waals surface area contributed by atoms with Crippen LogP contribution in [0.5, 0.6) is 0 Å². The Morgan fingerprint density at radius 3 is 2.67 bits per heavy atom. The molecule has 0 atom stereocenters. The highest BCUT2D eigenvalue weighted by molar-refractivity contribution is 7.99. The third-order valence-corrected chi connectivity index (χ3v) is 4.37. The maximum Gasteiger partial charge on any atom is 0.238 e. The molecule has 7 heteroatoms. The second-order valence-electron chi connectivity index (χ2n) is 3.77. The van der Waals surface area contributed by atoms with Crippen LogP contribution in [0, 0.1) is 0 Å². The van der Waals surface area contributed by atoms with Crippen LogP contribution in [0.2, 0.25) is 0 Å². The molecular weight excluding hydrogens is 270 g/mol. The molecule has 1 aromatic heterocycles. The number of aromatic nitrogens is 2. The minimum Gasteiger partial charge on any atom is -0.319 e. The van der Waals surface area contributed by atoms with Gasteiger partial charge in [-0.2, -0.15) is 0 Å². The maximum atomic E-state index is 11.3. The highest BCUT2D eigenvalue weighted by atomic mass is 32.2. The summed E-state index contributed by atoms with van der Waals surface area (Å²) in [5.41, 5.74) is 1.60. The van der Waals surface area contributed by atoms with Gasteiger partial charge in [-0.15, -0.1) is 0 Å². The fraction of sp³-hybridized carbons (Fsp3) is 0.364. The van der Waals surface area contributed by atoms with E-state index in [1.807, 2.05) is 6.92 Å². The van der Waals surface area contributed by atoms with Crippen LogP contribution in [-0.2, 0) is 16.6 Å². The number of nitrogens with zero attached hydrogens (tertiary/aromatic N) is 2. The van der Waals surface area contributed by atoms with E-state index in [9.17, 15) is 8.42 Å². The average Bonchev–Trinajstić information content (AvgIpc) is 2.64. The molecule has 5 nitrogen and oxygen atoms in total. The van der Waals surface area contributed by atoms with Gasteiger partial charge in [-0.1, -0.05) is 18.7 Å². The van der Waals surface area contributed by atoms with Gasteiger partial charge in [-0.25, -0.2) is 18.5 Å². The van der Waals surface area contributed by atoms with E-state index in [0.717, 1.165) is 23.0 Å². The molecule has 0 radical (unpaired) electrons. The molecule has 2 rings (SSSR count). The van der Waals surface area contributed by atoms with Crippen molar-refractivity contribution in [2.45, 2.75) is 30.4 Å². The number of nitrogens with two attached hydrogens (primary N) is 1.